The number of carbonyl (C=O) groups excluding carboxylic acids is 2. The van der Waals surface area contributed by atoms with Crippen molar-refractivity contribution in [3.63, 3.8) is 0 Å². The summed E-state index contributed by atoms with van der Waals surface area (Å²) in [6, 6.07) is 8.12. The Bertz CT molecular complexity index is 1280. The maximum atomic E-state index is 13.4. The highest BCUT2D eigenvalue weighted by atomic mass is 16.2. The van der Waals surface area contributed by atoms with Crippen molar-refractivity contribution in [1.82, 2.24) is 20.5 Å². The zero-order chi connectivity index (χ0) is 31.7. The predicted octanol–water partition coefficient (Wildman–Crippen LogP) is 5.66. The van der Waals surface area contributed by atoms with E-state index in [4.69, 9.17) is 5.73 Å². The number of hydrogen-bond acceptors (Lipinski definition) is 7. The molecule has 6 N–H and O–H groups in total. The van der Waals surface area contributed by atoms with E-state index in [1.54, 1.807) is 18.3 Å². The van der Waals surface area contributed by atoms with Crippen molar-refractivity contribution in [3.05, 3.63) is 71.6 Å². The molecular formula is C34H51N7O2. The number of aromatic nitrogens is 1. The Morgan fingerprint density at radius 3 is 2.30 bits per heavy atom. The summed E-state index contributed by atoms with van der Waals surface area (Å²) in [6.45, 7) is 22.5. The molecule has 0 saturated carbocycles. The van der Waals surface area contributed by atoms with E-state index in [-0.39, 0.29) is 29.9 Å². The molecule has 9 nitrogen and oxygen atoms in total. The number of likely N-dealkylation sites (tertiary alicyclic amines) is 1. The second-order valence-corrected chi connectivity index (χ2v) is 11.9. The first-order valence-corrected chi connectivity index (χ1v) is 15.6. The van der Waals surface area contributed by atoms with Gasteiger partial charge in [0.1, 0.15) is 5.82 Å². The average molecular weight is 590 g/mol. The number of nitrogens with two attached hydrogens (primary N) is 1. The van der Waals surface area contributed by atoms with E-state index in [1.807, 2.05) is 26.0 Å². The van der Waals surface area contributed by atoms with Gasteiger partial charge in [0.05, 0.1) is 5.56 Å². The fraction of sp³-hybridized carbons (Fsp3) is 0.500. The molecule has 1 aliphatic rings. The molecule has 2 heterocycles. The molecule has 2 amide bonds. The molecule has 1 fully saturated rings. The SMILES string of the molecule is C=C(CC(CC)NC(=O)c1cc(NC(CC)CC)c(C(=C)N)cc1C)Nc1ccc(C(=O)N[C@@H]2CCN(C(C)C)C2)cn1. The number of nitrogens with one attached hydrogen (secondary N) is 4. The van der Waals surface area contributed by atoms with Crippen molar-refractivity contribution in [2.24, 2.45) is 5.73 Å². The van der Waals surface area contributed by atoms with Crippen LogP contribution in [0.4, 0.5) is 11.5 Å². The summed E-state index contributed by atoms with van der Waals surface area (Å²) < 4.78 is 0. The highest BCUT2D eigenvalue weighted by molar-refractivity contribution is 5.98. The quantitative estimate of drug-likeness (QED) is 0.182. The highest BCUT2D eigenvalue weighted by Crippen LogP contribution is 2.27. The van der Waals surface area contributed by atoms with Gasteiger partial charge in [-0.1, -0.05) is 33.9 Å². The minimum absolute atomic E-state index is 0.111. The minimum Gasteiger partial charge on any atom is -0.399 e. The Morgan fingerprint density at radius 1 is 1.05 bits per heavy atom. The van der Waals surface area contributed by atoms with E-state index >= 15 is 0 Å². The number of amides is 2. The van der Waals surface area contributed by atoms with Crippen LogP contribution in [0.5, 0.6) is 0 Å². The molecule has 9 heteroatoms. The summed E-state index contributed by atoms with van der Waals surface area (Å²) in [5.74, 6) is 0.339. The molecule has 0 radical (unpaired) electrons. The summed E-state index contributed by atoms with van der Waals surface area (Å²) in [6.07, 6.45) is 5.70. The van der Waals surface area contributed by atoms with Gasteiger partial charge in [-0.3, -0.25) is 14.5 Å². The largest absolute Gasteiger partial charge is 0.399 e. The Morgan fingerprint density at radius 2 is 1.74 bits per heavy atom. The van der Waals surface area contributed by atoms with Gasteiger partial charge < -0.3 is 27.0 Å². The number of nitrogens with zero attached hydrogens (tertiary/aromatic N) is 2. The number of carbonyl (C=O) groups is 2. The zero-order valence-electron chi connectivity index (χ0n) is 26.8. The number of pyridine rings is 1. The van der Waals surface area contributed by atoms with Crippen LogP contribution < -0.4 is 27.0 Å². The summed E-state index contributed by atoms with van der Waals surface area (Å²) in [5, 5.41) is 13.0. The van der Waals surface area contributed by atoms with Gasteiger partial charge in [0.2, 0.25) is 0 Å². The molecule has 0 aliphatic carbocycles. The van der Waals surface area contributed by atoms with Gasteiger partial charge in [-0.05, 0) is 76.3 Å². The van der Waals surface area contributed by atoms with Crippen LogP contribution in [-0.4, -0.2) is 59.0 Å². The second kappa shape index (κ2) is 15.6. The number of aryl methyl sites for hydroxylation is 1. The van der Waals surface area contributed by atoms with E-state index < -0.39 is 0 Å². The Balaban J connectivity index is 1.59. The molecule has 1 aliphatic heterocycles. The molecule has 1 saturated heterocycles. The lowest BCUT2D eigenvalue weighted by Gasteiger charge is -2.23. The van der Waals surface area contributed by atoms with Crippen molar-refractivity contribution in [1.29, 1.82) is 0 Å². The van der Waals surface area contributed by atoms with Crippen LogP contribution in [0.25, 0.3) is 5.70 Å². The molecule has 3 rings (SSSR count). The van der Waals surface area contributed by atoms with Crippen molar-refractivity contribution in [2.75, 3.05) is 23.7 Å². The molecule has 2 aromatic rings. The maximum absolute atomic E-state index is 13.4. The third-order valence-electron chi connectivity index (χ3n) is 8.24. The van der Waals surface area contributed by atoms with Crippen LogP contribution in [-0.2, 0) is 0 Å². The van der Waals surface area contributed by atoms with Crippen LogP contribution in [0.2, 0.25) is 0 Å². The first kappa shape index (κ1) is 33.6. The summed E-state index contributed by atoms with van der Waals surface area (Å²) in [4.78, 5) is 32.9. The van der Waals surface area contributed by atoms with Crippen molar-refractivity contribution < 1.29 is 9.59 Å². The van der Waals surface area contributed by atoms with E-state index in [0.29, 0.717) is 35.1 Å². The number of anilines is 2. The Hall–Kier alpha value is -3.85. The number of rotatable bonds is 15. The Labute approximate surface area is 257 Å². The molecule has 1 aromatic heterocycles. The molecule has 1 unspecified atom stereocenters. The topological polar surface area (TPSA) is 124 Å². The second-order valence-electron chi connectivity index (χ2n) is 11.9. The van der Waals surface area contributed by atoms with Crippen molar-refractivity contribution in [2.45, 2.75) is 97.8 Å². The van der Waals surface area contributed by atoms with Crippen LogP contribution >= 0.6 is 0 Å². The third-order valence-corrected chi connectivity index (χ3v) is 8.24. The van der Waals surface area contributed by atoms with Gasteiger partial charge in [0.15, 0.2) is 0 Å². The van der Waals surface area contributed by atoms with Crippen LogP contribution in [0.15, 0.2) is 49.3 Å². The highest BCUT2D eigenvalue weighted by Gasteiger charge is 2.26. The molecule has 1 aromatic carbocycles. The fourth-order valence-corrected chi connectivity index (χ4v) is 5.39. The number of hydrogen-bond donors (Lipinski definition) is 5. The van der Waals surface area contributed by atoms with Gasteiger partial charge in [-0.15, -0.1) is 0 Å². The third kappa shape index (κ3) is 9.32. The summed E-state index contributed by atoms with van der Waals surface area (Å²) >= 11 is 0. The van der Waals surface area contributed by atoms with E-state index in [1.165, 1.54) is 0 Å². The standard InChI is InChI=1S/C34H51N7O2/c1-9-26(10-2)38-31-18-29(22(6)16-30(31)24(8)35)34(43)39-27(11-3)17-23(7)37-32-13-12-25(19-36-32)33(42)40-28-14-15-41(20-28)21(4)5/h12-13,16,18-19,21,26-28,38H,7-11,14-15,17,20,35H2,1-6H3,(H,36,37)(H,39,43)(H,40,42)/t27?,28-/m1/s1. The van der Waals surface area contributed by atoms with E-state index in [0.717, 1.165) is 61.3 Å². The van der Waals surface area contributed by atoms with E-state index in [2.05, 4.69) is 72.0 Å². The Kier molecular flexibility index (Phi) is 12.2. The van der Waals surface area contributed by atoms with Gasteiger partial charge in [0.25, 0.3) is 11.8 Å². The zero-order valence-corrected chi connectivity index (χ0v) is 26.8. The molecule has 43 heavy (non-hydrogen) atoms. The fourth-order valence-electron chi connectivity index (χ4n) is 5.39. The van der Waals surface area contributed by atoms with Crippen LogP contribution in [0.1, 0.15) is 98.6 Å². The lowest BCUT2D eigenvalue weighted by Crippen LogP contribution is -2.38. The van der Waals surface area contributed by atoms with E-state index in [9.17, 15) is 9.59 Å². The molecule has 0 spiro atoms. The monoisotopic (exact) mass is 589 g/mol. The van der Waals surface area contributed by atoms with Crippen molar-refractivity contribution >= 4 is 29.0 Å². The molecule has 0 bridgehead atoms. The lowest BCUT2D eigenvalue weighted by atomic mass is 9.99. The molecule has 2 atom stereocenters. The van der Waals surface area contributed by atoms with Crippen LogP contribution in [0.3, 0.4) is 0 Å². The summed E-state index contributed by atoms with van der Waals surface area (Å²) in [5.41, 5.74) is 10.9. The maximum Gasteiger partial charge on any atom is 0.253 e. The molecule has 234 valence electrons. The first-order valence-electron chi connectivity index (χ1n) is 15.6. The van der Waals surface area contributed by atoms with Gasteiger partial charge in [-0.2, -0.15) is 0 Å². The number of benzene rings is 1. The molecular weight excluding hydrogens is 538 g/mol. The smallest absolute Gasteiger partial charge is 0.253 e. The minimum atomic E-state index is -0.147. The predicted molar refractivity (Wildman–Crippen MR) is 178 cm³/mol. The van der Waals surface area contributed by atoms with Crippen molar-refractivity contribution in [3.8, 4) is 0 Å². The average Bonchev–Trinajstić information content (AvgIpc) is 3.45. The van der Waals surface area contributed by atoms with Gasteiger partial charge in [0, 0.05) is 78.1 Å². The normalized spacial score (nSPS) is 15.8. The van der Waals surface area contributed by atoms with Gasteiger partial charge in [-0.25, -0.2) is 4.98 Å². The van der Waals surface area contributed by atoms with Gasteiger partial charge >= 0.3 is 0 Å². The lowest BCUT2D eigenvalue weighted by molar-refractivity contribution is 0.0927. The summed E-state index contributed by atoms with van der Waals surface area (Å²) in [7, 11) is 0. The van der Waals surface area contributed by atoms with Crippen LogP contribution in [0, 0.1) is 6.92 Å². The first-order chi connectivity index (χ1) is 20.4.